The Morgan fingerprint density at radius 3 is 2.32 bits per heavy atom. The number of hydrogen-bond acceptors (Lipinski definition) is 4. The van der Waals surface area contributed by atoms with Crippen LogP contribution in [0.1, 0.15) is 54.4 Å². The molecule has 0 spiro atoms. The van der Waals surface area contributed by atoms with Gasteiger partial charge in [0.2, 0.25) is 0 Å². The van der Waals surface area contributed by atoms with Crippen LogP contribution in [0.3, 0.4) is 0 Å². The average Bonchev–Trinajstić information content (AvgIpc) is 2.83. The number of carbonyl (C=O) groups excluding carboxylic acids is 2. The molecule has 2 aromatic carbocycles. The number of nitrogens with zero attached hydrogens (tertiary/aromatic N) is 2. The zero-order chi connectivity index (χ0) is 21.7. The molecule has 1 heterocycles. The number of rotatable bonds is 10. The van der Waals surface area contributed by atoms with E-state index in [1.54, 1.807) is 6.21 Å². The highest BCUT2D eigenvalue weighted by molar-refractivity contribution is 5.94. The fourth-order valence-electron chi connectivity index (χ4n) is 3.85. The third kappa shape index (κ3) is 7.64. The smallest absolute Gasteiger partial charge is 0.257 e. The fourth-order valence-corrected chi connectivity index (χ4v) is 3.85. The first kappa shape index (κ1) is 22.7. The van der Waals surface area contributed by atoms with Gasteiger partial charge in [0.1, 0.15) is 0 Å². The Hall–Kier alpha value is -2.99. The van der Waals surface area contributed by atoms with Gasteiger partial charge in [0, 0.05) is 12.1 Å². The summed E-state index contributed by atoms with van der Waals surface area (Å²) >= 11 is 0. The monoisotopic (exact) mass is 420 g/mol. The zero-order valence-corrected chi connectivity index (χ0v) is 18.0. The molecule has 2 N–H and O–H groups in total. The van der Waals surface area contributed by atoms with Gasteiger partial charge in [-0.05, 0) is 62.9 Å². The second kappa shape index (κ2) is 12.6. The van der Waals surface area contributed by atoms with Crippen LogP contribution in [0.4, 0.5) is 0 Å². The molecule has 1 aliphatic rings. The van der Waals surface area contributed by atoms with Gasteiger partial charge < -0.3 is 5.32 Å². The van der Waals surface area contributed by atoms with Crippen LogP contribution < -0.4 is 10.7 Å². The molecule has 2 aromatic rings. The minimum Gasteiger partial charge on any atom is -0.352 e. The van der Waals surface area contributed by atoms with Crippen LogP contribution in [0.15, 0.2) is 65.8 Å². The lowest BCUT2D eigenvalue weighted by Gasteiger charge is -2.33. The van der Waals surface area contributed by atoms with Crippen LogP contribution in [0.25, 0.3) is 0 Å². The molecule has 0 bridgehead atoms. The van der Waals surface area contributed by atoms with E-state index >= 15 is 0 Å². The first-order valence-electron chi connectivity index (χ1n) is 11.2. The van der Waals surface area contributed by atoms with Crippen LogP contribution in [-0.4, -0.2) is 48.6 Å². The molecule has 1 fully saturated rings. The maximum absolute atomic E-state index is 12.9. The van der Waals surface area contributed by atoms with Gasteiger partial charge in [-0.3, -0.25) is 14.5 Å². The number of hydrogen-bond donors (Lipinski definition) is 2. The Bertz CT molecular complexity index is 833. The summed E-state index contributed by atoms with van der Waals surface area (Å²) in [4.78, 5) is 27.3. The van der Waals surface area contributed by atoms with Crippen LogP contribution in [0.2, 0.25) is 0 Å². The van der Waals surface area contributed by atoms with Crippen LogP contribution in [-0.2, 0) is 4.79 Å². The van der Waals surface area contributed by atoms with Crippen LogP contribution in [0, 0.1) is 0 Å². The number of unbranched alkanes of at least 4 members (excludes halogenated alkanes) is 1. The van der Waals surface area contributed by atoms with E-state index in [1.165, 1.54) is 6.42 Å². The van der Waals surface area contributed by atoms with Gasteiger partial charge in [-0.15, -0.1) is 0 Å². The number of hydrazone groups is 1. The molecule has 0 aromatic heterocycles. The normalized spacial score (nSPS) is 15.5. The fraction of sp³-hybridized carbons (Fsp3) is 0.400. The van der Waals surface area contributed by atoms with Crippen molar-refractivity contribution in [1.82, 2.24) is 15.6 Å². The standard InChI is InChI=1S/C25H32N4O2/c30-24(22-14-6-2-7-15-22)26-17-9-8-16-23(29-18-10-3-11-19-29)25(31)28-27-20-21-12-4-1-5-13-21/h1-2,4-7,12-15,20,23H,3,8-11,16-19H2,(H,26,30)(H,28,31). The molecule has 0 aliphatic carbocycles. The van der Waals surface area contributed by atoms with Gasteiger partial charge in [-0.2, -0.15) is 5.10 Å². The van der Waals surface area contributed by atoms with Gasteiger partial charge in [0.05, 0.1) is 12.3 Å². The summed E-state index contributed by atoms with van der Waals surface area (Å²) in [5, 5.41) is 7.11. The molecule has 1 atom stereocenters. The highest BCUT2D eigenvalue weighted by atomic mass is 16.2. The average molecular weight is 421 g/mol. The lowest BCUT2D eigenvalue weighted by atomic mass is 10.0. The van der Waals surface area contributed by atoms with E-state index < -0.39 is 0 Å². The number of amides is 2. The Balaban J connectivity index is 1.46. The molecule has 3 rings (SSSR count). The highest BCUT2D eigenvalue weighted by Crippen LogP contribution is 2.16. The molecule has 2 amide bonds. The molecule has 164 valence electrons. The maximum Gasteiger partial charge on any atom is 0.257 e. The molecular weight excluding hydrogens is 388 g/mol. The van der Waals surface area contributed by atoms with Crippen molar-refractivity contribution in [2.45, 2.75) is 44.6 Å². The van der Waals surface area contributed by atoms with E-state index in [9.17, 15) is 9.59 Å². The predicted octanol–water partition coefficient (Wildman–Crippen LogP) is 3.59. The Morgan fingerprint density at radius 1 is 0.935 bits per heavy atom. The summed E-state index contributed by atoms with van der Waals surface area (Å²) in [5.41, 5.74) is 4.35. The van der Waals surface area contributed by atoms with E-state index in [1.807, 2.05) is 60.7 Å². The summed E-state index contributed by atoms with van der Waals surface area (Å²) in [7, 11) is 0. The highest BCUT2D eigenvalue weighted by Gasteiger charge is 2.26. The number of piperidine rings is 1. The van der Waals surface area contributed by atoms with Gasteiger partial charge in [0.25, 0.3) is 11.8 Å². The van der Waals surface area contributed by atoms with Crippen molar-refractivity contribution in [2.75, 3.05) is 19.6 Å². The summed E-state index contributed by atoms with van der Waals surface area (Å²) < 4.78 is 0. The van der Waals surface area contributed by atoms with E-state index in [0.717, 1.165) is 50.8 Å². The van der Waals surface area contributed by atoms with Gasteiger partial charge in [-0.25, -0.2) is 5.43 Å². The van der Waals surface area contributed by atoms with Crippen molar-refractivity contribution in [2.24, 2.45) is 5.10 Å². The van der Waals surface area contributed by atoms with Crippen molar-refractivity contribution in [1.29, 1.82) is 0 Å². The second-order valence-corrected chi connectivity index (χ2v) is 7.88. The Morgan fingerprint density at radius 2 is 1.61 bits per heavy atom. The number of nitrogens with one attached hydrogen (secondary N) is 2. The van der Waals surface area contributed by atoms with Crippen LogP contribution in [0.5, 0.6) is 0 Å². The van der Waals surface area contributed by atoms with Crippen molar-refractivity contribution >= 4 is 18.0 Å². The number of benzene rings is 2. The number of carbonyl (C=O) groups is 2. The lowest BCUT2D eigenvalue weighted by Crippen LogP contribution is -2.47. The minimum atomic E-state index is -0.182. The third-order valence-electron chi connectivity index (χ3n) is 5.55. The SMILES string of the molecule is O=C(NCCCCC(C(=O)NN=Cc1ccccc1)N1CCCCC1)c1ccccc1. The molecule has 31 heavy (non-hydrogen) atoms. The third-order valence-corrected chi connectivity index (χ3v) is 5.55. The van der Waals surface area contributed by atoms with Gasteiger partial charge >= 0.3 is 0 Å². The molecule has 6 heteroatoms. The minimum absolute atomic E-state index is 0.0533. The molecule has 6 nitrogen and oxygen atoms in total. The Kier molecular flexibility index (Phi) is 9.26. The first-order valence-corrected chi connectivity index (χ1v) is 11.2. The summed E-state index contributed by atoms with van der Waals surface area (Å²) in [6.45, 7) is 2.50. The van der Waals surface area contributed by atoms with Gasteiger partial charge in [0.15, 0.2) is 0 Å². The summed E-state index contributed by atoms with van der Waals surface area (Å²) in [5.74, 6) is -0.108. The maximum atomic E-state index is 12.9. The quantitative estimate of drug-likeness (QED) is 0.350. The van der Waals surface area contributed by atoms with Gasteiger partial charge in [-0.1, -0.05) is 55.0 Å². The molecule has 0 saturated carbocycles. The largest absolute Gasteiger partial charge is 0.352 e. The summed E-state index contributed by atoms with van der Waals surface area (Å²) in [6, 6.07) is 18.8. The molecule has 1 saturated heterocycles. The van der Waals surface area contributed by atoms with Crippen molar-refractivity contribution < 1.29 is 9.59 Å². The zero-order valence-electron chi connectivity index (χ0n) is 18.0. The van der Waals surface area contributed by atoms with E-state index in [2.05, 4.69) is 20.7 Å². The summed E-state index contributed by atoms with van der Waals surface area (Å²) in [6.07, 6.45) is 7.62. The first-order chi connectivity index (χ1) is 15.2. The lowest BCUT2D eigenvalue weighted by molar-refractivity contribution is -0.127. The topological polar surface area (TPSA) is 73.8 Å². The number of likely N-dealkylation sites (tertiary alicyclic amines) is 1. The molecule has 1 unspecified atom stereocenters. The van der Waals surface area contributed by atoms with Crippen molar-refractivity contribution in [3.05, 3.63) is 71.8 Å². The molecule has 1 aliphatic heterocycles. The van der Waals surface area contributed by atoms with E-state index in [0.29, 0.717) is 12.1 Å². The molecule has 0 radical (unpaired) electrons. The van der Waals surface area contributed by atoms with Crippen molar-refractivity contribution in [3.8, 4) is 0 Å². The Labute approximate surface area is 184 Å². The molecular formula is C25H32N4O2. The van der Waals surface area contributed by atoms with E-state index in [4.69, 9.17) is 0 Å². The van der Waals surface area contributed by atoms with Crippen molar-refractivity contribution in [3.63, 3.8) is 0 Å². The predicted molar refractivity (Wildman–Crippen MR) is 124 cm³/mol. The van der Waals surface area contributed by atoms with E-state index in [-0.39, 0.29) is 17.9 Å². The second-order valence-electron chi connectivity index (χ2n) is 7.88. The van der Waals surface area contributed by atoms with Crippen LogP contribution >= 0.6 is 0 Å².